The molecular weight excluding hydrogens is 604 g/mol. The van der Waals surface area contributed by atoms with Gasteiger partial charge in [-0.05, 0) is 83.3 Å². The minimum absolute atomic E-state index is 0.00724. The fraction of sp³-hybridized carbons (Fsp3) is 0.472. The van der Waals surface area contributed by atoms with Crippen molar-refractivity contribution in [2.75, 3.05) is 46.2 Å². The molecule has 2 N–H and O–H groups in total. The smallest absolute Gasteiger partial charge is 0.349 e. The molecule has 2 unspecified atom stereocenters. The van der Waals surface area contributed by atoms with Gasteiger partial charge in [-0.25, -0.2) is 13.6 Å². The molecule has 0 amide bonds. The predicted octanol–water partition coefficient (Wildman–Crippen LogP) is 6.03. The Balaban J connectivity index is 0.000000366. The van der Waals surface area contributed by atoms with Crippen LogP contribution in [0, 0.1) is 25.1 Å². The Bertz CT molecular complexity index is 1900. The molecular formula is C36H41F2N5O4. The second kappa shape index (κ2) is 13.1. The number of halogens is 2. The molecule has 2 aromatic carbocycles. The Kier molecular flexibility index (Phi) is 9.09. The number of terminal acetylenes is 1. The number of aromatic hydroxyl groups is 1. The maximum absolute atomic E-state index is 14.7. The zero-order valence-corrected chi connectivity index (χ0v) is 27.3. The molecule has 1 saturated carbocycles. The third-order valence-corrected chi connectivity index (χ3v) is 10.1. The van der Waals surface area contributed by atoms with E-state index in [9.17, 15) is 18.7 Å². The van der Waals surface area contributed by atoms with Gasteiger partial charge in [0.15, 0.2) is 0 Å². The minimum atomic E-state index is -0.675. The average Bonchev–Trinajstić information content (AvgIpc) is 3.79. The van der Waals surface area contributed by atoms with Gasteiger partial charge in [0.1, 0.15) is 34.7 Å². The number of methoxy groups -OCH3 is 1. The lowest BCUT2D eigenvalue weighted by Gasteiger charge is -2.36. The number of anilines is 1. The van der Waals surface area contributed by atoms with Gasteiger partial charge in [0.25, 0.3) is 0 Å². The molecule has 3 fully saturated rings. The summed E-state index contributed by atoms with van der Waals surface area (Å²) in [6.45, 7) is 4.17. The standard InChI is InChI=1S/C29H29FN4O4.C7H12FN/c1-6-19-21(30)10-9-17-13-18(35)14-20(22(17)19)25-16(2)24-23(27(36)38-25)26(33-28(32-24)37-5)31-15-29(34(3)4)11-7-8-12-29;8-6-4-7-2-1-3-9(7)5-6/h1,9-10,13-14,35H,7-8,11-12,15H2,2-5H3,(H,31,32,33);6-7H,1-5H2. The number of hydrogen-bond donors (Lipinski definition) is 2. The van der Waals surface area contributed by atoms with E-state index in [1.165, 1.54) is 44.2 Å². The number of rotatable bonds is 6. The summed E-state index contributed by atoms with van der Waals surface area (Å²) < 4.78 is 38.5. The molecule has 2 saturated heterocycles. The Morgan fingerprint density at radius 2 is 1.98 bits per heavy atom. The van der Waals surface area contributed by atoms with Crippen LogP contribution in [0.1, 0.15) is 56.1 Å². The Morgan fingerprint density at radius 3 is 2.66 bits per heavy atom. The van der Waals surface area contributed by atoms with Crippen molar-refractivity contribution in [1.82, 2.24) is 19.8 Å². The van der Waals surface area contributed by atoms with Gasteiger partial charge in [-0.1, -0.05) is 24.8 Å². The van der Waals surface area contributed by atoms with Crippen molar-refractivity contribution in [2.24, 2.45) is 0 Å². The highest BCUT2D eigenvalue weighted by Gasteiger charge is 2.36. The van der Waals surface area contributed by atoms with Crippen LogP contribution in [-0.4, -0.2) is 83.5 Å². The van der Waals surface area contributed by atoms with Crippen LogP contribution in [0.25, 0.3) is 33.0 Å². The molecule has 4 aromatic rings. The summed E-state index contributed by atoms with van der Waals surface area (Å²) in [7, 11) is 5.57. The Morgan fingerprint density at radius 1 is 1.21 bits per heavy atom. The van der Waals surface area contributed by atoms with Crippen molar-refractivity contribution in [3.8, 4) is 35.4 Å². The number of aryl methyl sites for hydroxylation is 1. The average molecular weight is 646 g/mol. The molecule has 9 nitrogen and oxygen atoms in total. The van der Waals surface area contributed by atoms with Gasteiger partial charge in [-0.3, -0.25) is 4.90 Å². The van der Waals surface area contributed by atoms with Gasteiger partial charge in [0.05, 0.1) is 18.2 Å². The van der Waals surface area contributed by atoms with Gasteiger partial charge in [0, 0.05) is 41.2 Å². The van der Waals surface area contributed by atoms with E-state index in [1.807, 2.05) is 0 Å². The highest BCUT2D eigenvalue weighted by atomic mass is 19.1. The molecule has 11 heteroatoms. The minimum Gasteiger partial charge on any atom is -0.508 e. The molecule has 2 aliphatic heterocycles. The summed E-state index contributed by atoms with van der Waals surface area (Å²) in [5.74, 6) is 2.15. The molecule has 3 aliphatic rings. The van der Waals surface area contributed by atoms with Gasteiger partial charge in [-0.15, -0.1) is 6.42 Å². The van der Waals surface area contributed by atoms with E-state index in [1.54, 1.807) is 6.92 Å². The van der Waals surface area contributed by atoms with Crippen LogP contribution in [0.3, 0.4) is 0 Å². The number of ether oxygens (including phenoxy) is 1. The van der Waals surface area contributed by atoms with Gasteiger partial charge in [-0.2, -0.15) is 9.97 Å². The fourth-order valence-corrected chi connectivity index (χ4v) is 7.54. The lowest BCUT2D eigenvalue weighted by molar-refractivity contribution is 0.172. The number of likely N-dealkylation sites (N-methyl/N-ethyl adjacent to an activating group) is 1. The number of benzene rings is 2. The number of fused-ring (bicyclic) bond motifs is 3. The monoisotopic (exact) mass is 645 g/mol. The van der Waals surface area contributed by atoms with E-state index < -0.39 is 17.6 Å². The SMILES string of the molecule is C#Cc1c(F)ccc2cc(O)cc(-c3oc(=O)c4c(NCC5(N(C)C)CCCC5)nc(OC)nc4c3C)c12.FC1CC2CCCN2C1. The highest BCUT2D eigenvalue weighted by Crippen LogP contribution is 2.39. The van der Waals surface area contributed by atoms with Crippen molar-refractivity contribution in [1.29, 1.82) is 0 Å². The van der Waals surface area contributed by atoms with Crippen molar-refractivity contribution in [2.45, 2.75) is 69.6 Å². The lowest BCUT2D eigenvalue weighted by Crippen LogP contribution is -2.47. The van der Waals surface area contributed by atoms with Crippen molar-refractivity contribution in [3.63, 3.8) is 0 Å². The predicted molar refractivity (Wildman–Crippen MR) is 179 cm³/mol. The number of nitrogens with zero attached hydrogens (tertiary/aromatic N) is 4. The number of phenolic OH excluding ortho intramolecular Hbond substituents is 1. The molecule has 2 atom stereocenters. The highest BCUT2D eigenvalue weighted by molar-refractivity contribution is 6.03. The molecule has 4 heterocycles. The molecule has 0 bridgehead atoms. The Hall–Kier alpha value is -4.27. The summed E-state index contributed by atoms with van der Waals surface area (Å²) in [6.07, 6.45) is 12.8. The second-order valence-corrected chi connectivity index (χ2v) is 13.1. The first-order valence-corrected chi connectivity index (χ1v) is 16.2. The lowest BCUT2D eigenvalue weighted by atomic mass is 9.95. The molecule has 2 aromatic heterocycles. The molecule has 47 heavy (non-hydrogen) atoms. The third kappa shape index (κ3) is 6.12. The van der Waals surface area contributed by atoms with Crippen molar-refractivity contribution < 1.29 is 23.0 Å². The summed E-state index contributed by atoms with van der Waals surface area (Å²) in [4.78, 5) is 26.9. The number of phenols is 1. The molecule has 7 rings (SSSR count). The van der Waals surface area contributed by atoms with E-state index in [2.05, 4.69) is 45.1 Å². The van der Waals surface area contributed by atoms with Crippen LogP contribution >= 0.6 is 0 Å². The van der Waals surface area contributed by atoms with Crippen LogP contribution in [0.15, 0.2) is 33.5 Å². The first-order chi connectivity index (χ1) is 22.5. The maximum Gasteiger partial charge on any atom is 0.349 e. The van der Waals surface area contributed by atoms with Crippen LogP contribution in [0.2, 0.25) is 0 Å². The normalized spacial score (nSPS) is 20.3. The van der Waals surface area contributed by atoms with Crippen LogP contribution in [0.5, 0.6) is 11.8 Å². The summed E-state index contributed by atoms with van der Waals surface area (Å²) in [5, 5.41) is 14.8. The largest absolute Gasteiger partial charge is 0.508 e. The number of aromatic nitrogens is 2. The number of hydrogen-bond acceptors (Lipinski definition) is 9. The zero-order chi connectivity index (χ0) is 33.5. The van der Waals surface area contributed by atoms with E-state index in [0.29, 0.717) is 46.8 Å². The van der Waals surface area contributed by atoms with Gasteiger partial charge >= 0.3 is 11.6 Å². The van der Waals surface area contributed by atoms with Crippen LogP contribution in [-0.2, 0) is 0 Å². The van der Waals surface area contributed by atoms with Crippen molar-refractivity contribution >= 4 is 27.5 Å². The third-order valence-electron chi connectivity index (χ3n) is 10.1. The van der Waals surface area contributed by atoms with E-state index in [0.717, 1.165) is 38.6 Å². The maximum atomic E-state index is 14.7. The van der Waals surface area contributed by atoms with Gasteiger partial charge in [0.2, 0.25) is 0 Å². The second-order valence-electron chi connectivity index (χ2n) is 13.1. The van der Waals surface area contributed by atoms with Gasteiger partial charge < -0.3 is 24.5 Å². The first kappa shape index (κ1) is 32.7. The van der Waals surface area contributed by atoms with Crippen LogP contribution < -0.4 is 15.7 Å². The molecule has 0 radical (unpaired) electrons. The van der Waals surface area contributed by atoms with Crippen molar-refractivity contribution in [3.05, 3.63) is 51.6 Å². The topological polar surface area (TPSA) is 104 Å². The quantitative estimate of drug-likeness (QED) is 0.244. The molecule has 1 aliphatic carbocycles. The summed E-state index contributed by atoms with van der Waals surface area (Å²) in [5.41, 5.74) is 0.375. The van der Waals surface area contributed by atoms with E-state index in [-0.39, 0.29) is 39.6 Å². The molecule has 248 valence electrons. The number of alkyl halides is 1. The van der Waals surface area contributed by atoms with E-state index >= 15 is 0 Å². The number of nitrogens with one attached hydrogen (secondary N) is 1. The summed E-state index contributed by atoms with van der Waals surface area (Å²) >= 11 is 0. The zero-order valence-electron chi connectivity index (χ0n) is 27.3. The summed E-state index contributed by atoms with van der Waals surface area (Å²) in [6, 6.07) is 6.33. The van der Waals surface area contributed by atoms with Crippen LogP contribution in [0.4, 0.5) is 14.6 Å². The van der Waals surface area contributed by atoms with E-state index in [4.69, 9.17) is 15.6 Å². The molecule has 0 spiro atoms. The Labute approximate surface area is 272 Å². The first-order valence-electron chi connectivity index (χ1n) is 16.2. The fourth-order valence-electron chi connectivity index (χ4n) is 7.54.